The molecule has 3 rings (SSSR count). The van der Waals surface area contributed by atoms with E-state index in [2.05, 4.69) is 17.2 Å². The Morgan fingerprint density at radius 2 is 1.85 bits per heavy atom. The molecule has 0 bridgehead atoms. The third-order valence-electron chi connectivity index (χ3n) is 3.52. The third-order valence-corrected chi connectivity index (χ3v) is 3.52. The molecule has 1 aromatic heterocycles. The molecule has 0 radical (unpaired) electrons. The van der Waals surface area contributed by atoms with Crippen LogP contribution in [0.15, 0.2) is 54.9 Å². The number of benzene rings is 2. The molecule has 3 heteroatoms. The van der Waals surface area contributed by atoms with Gasteiger partial charge in [0.1, 0.15) is 5.75 Å². The van der Waals surface area contributed by atoms with Crippen LogP contribution in [0.1, 0.15) is 11.1 Å². The van der Waals surface area contributed by atoms with Crippen molar-refractivity contribution in [3.8, 4) is 5.75 Å². The Bertz CT molecular complexity index is 753. The van der Waals surface area contributed by atoms with Crippen LogP contribution in [0.5, 0.6) is 5.75 Å². The van der Waals surface area contributed by atoms with Gasteiger partial charge in [-0.2, -0.15) is 0 Å². The first-order valence-electron chi connectivity index (χ1n) is 6.60. The smallest absolute Gasteiger partial charge is 0.123 e. The number of pyridine rings is 1. The van der Waals surface area contributed by atoms with Gasteiger partial charge in [-0.3, -0.25) is 4.98 Å². The molecule has 3 nitrogen and oxygen atoms in total. The maximum atomic E-state index is 9.89. The van der Waals surface area contributed by atoms with E-state index in [0.29, 0.717) is 12.3 Å². The van der Waals surface area contributed by atoms with Crippen LogP contribution in [0.2, 0.25) is 0 Å². The fourth-order valence-electron chi connectivity index (χ4n) is 2.32. The summed E-state index contributed by atoms with van der Waals surface area (Å²) in [6.45, 7) is 2.79. The van der Waals surface area contributed by atoms with Crippen molar-refractivity contribution in [2.75, 3.05) is 5.32 Å². The lowest BCUT2D eigenvalue weighted by molar-refractivity contribution is 0.481. The molecule has 2 aromatic carbocycles. The van der Waals surface area contributed by atoms with Gasteiger partial charge < -0.3 is 10.4 Å². The Labute approximate surface area is 117 Å². The summed E-state index contributed by atoms with van der Waals surface area (Å²) in [6.07, 6.45) is 3.68. The fraction of sp³-hybridized carbons (Fsp3) is 0.118. The molecule has 3 aromatic rings. The predicted octanol–water partition coefficient (Wildman–Crippen LogP) is 3.86. The van der Waals surface area contributed by atoms with E-state index in [1.807, 2.05) is 42.6 Å². The Morgan fingerprint density at radius 1 is 1.05 bits per heavy atom. The fourth-order valence-corrected chi connectivity index (χ4v) is 2.32. The molecule has 0 atom stereocenters. The normalized spacial score (nSPS) is 10.7. The summed E-state index contributed by atoms with van der Waals surface area (Å²) in [5, 5.41) is 15.2. The van der Waals surface area contributed by atoms with E-state index in [0.717, 1.165) is 16.5 Å². The van der Waals surface area contributed by atoms with Crippen molar-refractivity contribution in [1.29, 1.82) is 0 Å². The number of aromatic hydroxyl groups is 1. The zero-order valence-corrected chi connectivity index (χ0v) is 11.3. The molecule has 0 aliphatic heterocycles. The molecule has 100 valence electrons. The minimum absolute atomic E-state index is 0.309. The summed E-state index contributed by atoms with van der Waals surface area (Å²) >= 11 is 0. The third kappa shape index (κ3) is 2.30. The van der Waals surface area contributed by atoms with E-state index in [9.17, 15) is 5.11 Å². The van der Waals surface area contributed by atoms with Crippen molar-refractivity contribution in [2.45, 2.75) is 13.5 Å². The topological polar surface area (TPSA) is 45.2 Å². The number of nitrogens with zero attached hydrogens (tertiary/aromatic N) is 1. The highest BCUT2D eigenvalue weighted by molar-refractivity contribution is 5.97. The number of fused-ring (bicyclic) bond motifs is 1. The minimum atomic E-state index is 0.309. The molecule has 2 N–H and O–H groups in total. The van der Waals surface area contributed by atoms with Gasteiger partial charge in [0.15, 0.2) is 0 Å². The van der Waals surface area contributed by atoms with Crippen LogP contribution < -0.4 is 5.32 Å². The van der Waals surface area contributed by atoms with Crippen molar-refractivity contribution in [3.63, 3.8) is 0 Å². The first kappa shape index (κ1) is 12.5. The minimum Gasteiger partial charge on any atom is -0.507 e. The summed E-state index contributed by atoms with van der Waals surface area (Å²) in [5.41, 5.74) is 3.40. The Hall–Kier alpha value is -2.55. The quantitative estimate of drug-likeness (QED) is 0.755. The van der Waals surface area contributed by atoms with E-state index in [4.69, 9.17) is 0 Å². The number of hydrogen-bond donors (Lipinski definition) is 2. The lowest BCUT2D eigenvalue weighted by Gasteiger charge is -2.11. The molecular formula is C17H16N2O. The summed E-state index contributed by atoms with van der Waals surface area (Å²) < 4.78 is 0. The SMILES string of the molecule is Cc1ccncc1CNc1cccc2c(O)cccc12. The molecule has 1 heterocycles. The van der Waals surface area contributed by atoms with Gasteiger partial charge >= 0.3 is 0 Å². The highest BCUT2D eigenvalue weighted by atomic mass is 16.3. The van der Waals surface area contributed by atoms with Gasteiger partial charge in [0.25, 0.3) is 0 Å². The zero-order valence-electron chi connectivity index (χ0n) is 11.3. The van der Waals surface area contributed by atoms with Gasteiger partial charge in [-0.15, -0.1) is 0 Å². The second-order valence-corrected chi connectivity index (χ2v) is 4.83. The van der Waals surface area contributed by atoms with Crippen molar-refractivity contribution in [1.82, 2.24) is 4.98 Å². The molecule has 0 spiro atoms. The van der Waals surface area contributed by atoms with Gasteiger partial charge in [0, 0.05) is 35.4 Å². The molecular weight excluding hydrogens is 248 g/mol. The van der Waals surface area contributed by atoms with E-state index < -0.39 is 0 Å². The lowest BCUT2D eigenvalue weighted by Crippen LogP contribution is -2.02. The summed E-state index contributed by atoms with van der Waals surface area (Å²) in [5.74, 6) is 0.309. The van der Waals surface area contributed by atoms with E-state index in [1.165, 1.54) is 11.1 Å². The first-order valence-corrected chi connectivity index (χ1v) is 6.60. The average Bonchev–Trinajstić information content (AvgIpc) is 2.47. The molecule has 0 saturated carbocycles. The van der Waals surface area contributed by atoms with Crippen molar-refractivity contribution in [3.05, 3.63) is 66.0 Å². The number of phenols is 1. The summed E-state index contributed by atoms with van der Waals surface area (Å²) in [7, 11) is 0. The van der Waals surface area contributed by atoms with Gasteiger partial charge in [-0.05, 0) is 36.2 Å². The largest absolute Gasteiger partial charge is 0.507 e. The summed E-state index contributed by atoms with van der Waals surface area (Å²) in [6, 6.07) is 13.5. The maximum absolute atomic E-state index is 9.89. The number of anilines is 1. The van der Waals surface area contributed by atoms with Crippen LogP contribution in [-0.4, -0.2) is 10.1 Å². The van der Waals surface area contributed by atoms with Crippen LogP contribution in [0.25, 0.3) is 10.8 Å². The highest BCUT2D eigenvalue weighted by Gasteiger charge is 2.04. The van der Waals surface area contributed by atoms with Crippen LogP contribution in [0.4, 0.5) is 5.69 Å². The Kier molecular flexibility index (Phi) is 3.25. The molecule has 0 aliphatic carbocycles. The molecule has 0 amide bonds. The van der Waals surface area contributed by atoms with Crippen LogP contribution in [-0.2, 0) is 6.54 Å². The van der Waals surface area contributed by atoms with Crippen molar-refractivity contribution in [2.24, 2.45) is 0 Å². The van der Waals surface area contributed by atoms with Crippen LogP contribution in [0.3, 0.4) is 0 Å². The Morgan fingerprint density at radius 3 is 2.70 bits per heavy atom. The summed E-state index contributed by atoms with van der Waals surface area (Å²) in [4.78, 5) is 4.15. The van der Waals surface area contributed by atoms with Gasteiger partial charge in [0.2, 0.25) is 0 Å². The van der Waals surface area contributed by atoms with Crippen molar-refractivity contribution >= 4 is 16.5 Å². The number of hydrogen-bond acceptors (Lipinski definition) is 3. The Balaban J connectivity index is 1.92. The molecule has 0 unspecified atom stereocenters. The maximum Gasteiger partial charge on any atom is 0.123 e. The van der Waals surface area contributed by atoms with Crippen LogP contribution in [0, 0.1) is 6.92 Å². The molecule has 0 fully saturated rings. The zero-order chi connectivity index (χ0) is 13.9. The number of rotatable bonds is 3. The lowest BCUT2D eigenvalue weighted by atomic mass is 10.1. The van der Waals surface area contributed by atoms with E-state index in [-0.39, 0.29) is 0 Å². The highest BCUT2D eigenvalue weighted by Crippen LogP contribution is 2.30. The van der Waals surface area contributed by atoms with Crippen molar-refractivity contribution < 1.29 is 5.11 Å². The van der Waals surface area contributed by atoms with E-state index >= 15 is 0 Å². The first-order chi connectivity index (χ1) is 9.75. The predicted molar refractivity (Wildman–Crippen MR) is 81.9 cm³/mol. The number of aromatic nitrogens is 1. The van der Waals surface area contributed by atoms with Crippen LogP contribution >= 0.6 is 0 Å². The number of aryl methyl sites for hydroxylation is 1. The number of phenolic OH excluding ortho intramolecular Hbond substituents is 1. The number of nitrogens with one attached hydrogen (secondary N) is 1. The second-order valence-electron chi connectivity index (χ2n) is 4.83. The van der Waals surface area contributed by atoms with Gasteiger partial charge in [0.05, 0.1) is 0 Å². The average molecular weight is 264 g/mol. The molecule has 0 aliphatic rings. The monoisotopic (exact) mass is 264 g/mol. The van der Waals surface area contributed by atoms with Gasteiger partial charge in [-0.25, -0.2) is 0 Å². The standard InChI is InChI=1S/C17H16N2O/c1-12-8-9-18-10-13(12)11-19-16-6-2-5-15-14(16)4-3-7-17(15)20/h2-10,19-20H,11H2,1H3. The molecule has 0 saturated heterocycles. The van der Waals surface area contributed by atoms with Gasteiger partial charge in [-0.1, -0.05) is 24.3 Å². The van der Waals surface area contributed by atoms with E-state index in [1.54, 1.807) is 12.3 Å². The second kappa shape index (κ2) is 5.21. The molecule has 20 heavy (non-hydrogen) atoms.